The maximum atomic E-state index is 5.59. The minimum absolute atomic E-state index is 0.511. The van der Waals surface area contributed by atoms with E-state index in [0.717, 1.165) is 25.3 Å². The molecule has 0 unspecified atom stereocenters. The SMILES string of the molecule is COCCCc1nsc(Cl)n1. The molecule has 0 N–H and O–H groups in total. The van der Waals surface area contributed by atoms with Crippen LogP contribution in [0.2, 0.25) is 4.47 Å². The monoisotopic (exact) mass is 192 g/mol. The number of aryl methyl sites for hydroxylation is 1. The molecule has 0 aliphatic carbocycles. The van der Waals surface area contributed by atoms with E-state index in [4.69, 9.17) is 16.3 Å². The summed E-state index contributed by atoms with van der Waals surface area (Å²) >= 11 is 6.81. The van der Waals surface area contributed by atoms with Gasteiger partial charge in [0.25, 0.3) is 0 Å². The van der Waals surface area contributed by atoms with E-state index >= 15 is 0 Å². The summed E-state index contributed by atoms with van der Waals surface area (Å²) in [5.74, 6) is 0.817. The van der Waals surface area contributed by atoms with Crippen molar-refractivity contribution in [3.05, 3.63) is 10.3 Å². The number of nitrogens with zero attached hydrogens (tertiary/aromatic N) is 2. The van der Waals surface area contributed by atoms with Crippen molar-refractivity contribution in [2.24, 2.45) is 0 Å². The van der Waals surface area contributed by atoms with E-state index in [1.54, 1.807) is 7.11 Å². The van der Waals surface area contributed by atoms with Crippen molar-refractivity contribution in [2.45, 2.75) is 12.8 Å². The molecule has 5 heteroatoms. The van der Waals surface area contributed by atoms with Crippen LogP contribution in [0.5, 0.6) is 0 Å². The van der Waals surface area contributed by atoms with Gasteiger partial charge in [0.15, 0.2) is 0 Å². The smallest absolute Gasteiger partial charge is 0.203 e. The van der Waals surface area contributed by atoms with Crippen LogP contribution in [-0.4, -0.2) is 23.1 Å². The first kappa shape index (κ1) is 8.90. The third-order valence-corrected chi connectivity index (χ3v) is 2.03. The molecule has 0 bridgehead atoms. The van der Waals surface area contributed by atoms with Gasteiger partial charge in [-0.05, 0) is 29.6 Å². The zero-order valence-corrected chi connectivity index (χ0v) is 7.78. The molecule has 0 spiro atoms. The molecule has 1 rings (SSSR count). The quantitative estimate of drug-likeness (QED) is 0.683. The summed E-state index contributed by atoms with van der Waals surface area (Å²) in [7, 11) is 1.68. The van der Waals surface area contributed by atoms with Crippen LogP contribution in [0.25, 0.3) is 0 Å². The van der Waals surface area contributed by atoms with Crippen LogP contribution in [0.1, 0.15) is 12.2 Å². The molecule has 1 heterocycles. The summed E-state index contributed by atoms with van der Waals surface area (Å²) in [6.07, 6.45) is 1.79. The van der Waals surface area contributed by atoms with Crippen molar-refractivity contribution in [1.82, 2.24) is 9.36 Å². The lowest BCUT2D eigenvalue weighted by molar-refractivity contribution is 0.194. The van der Waals surface area contributed by atoms with Gasteiger partial charge in [0.1, 0.15) is 5.82 Å². The zero-order valence-electron chi connectivity index (χ0n) is 6.21. The molecule has 0 amide bonds. The Balaban J connectivity index is 2.27. The Morgan fingerprint density at radius 1 is 1.64 bits per heavy atom. The summed E-state index contributed by atoms with van der Waals surface area (Å²) in [5.41, 5.74) is 0. The normalized spacial score (nSPS) is 10.4. The van der Waals surface area contributed by atoms with E-state index in [-0.39, 0.29) is 0 Å². The molecular weight excluding hydrogens is 184 g/mol. The van der Waals surface area contributed by atoms with Crippen molar-refractivity contribution in [3.8, 4) is 0 Å². The van der Waals surface area contributed by atoms with Crippen molar-refractivity contribution in [3.63, 3.8) is 0 Å². The molecule has 3 nitrogen and oxygen atoms in total. The predicted molar refractivity (Wildman–Crippen MR) is 45.1 cm³/mol. The van der Waals surface area contributed by atoms with E-state index in [1.807, 2.05) is 0 Å². The fourth-order valence-corrected chi connectivity index (χ4v) is 1.37. The molecule has 0 aliphatic rings. The number of hydrogen-bond donors (Lipinski definition) is 0. The van der Waals surface area contributed by atoms with Gasteiger partial charge in [-0.3, -0.25) is 0 Å². The van der Waals surface area contributed by atoms with Crippen molar-refractivity contribution < 1.29 is 4.74 Å². The highest BCUT2D eigenvalue weighted by Crippen LogP contribution is 2.11. The third-order valence-electron chi connectivity index (χ3n) is 1.19. The Hall–Kier alpha value is -0.190. The van der Waals surface area contributed by atoms with Gasteiger partial charge in [0.05, 0.1) is 0 Å². The molecule has 0 aliphatic heterocycles. The highest BCUT2D eigenvalue weighted by Gasteiger charge is 1.99. The average molecular weight is 193 g/mol. The highest BCUT2D eigenvalue weighted by atomic mass is 35.5. The van der Waals surface area contributed by atoms with Gasteiger partial charge in [-0.25, -0.2) is 4.98 Å². The molecule has 0 radical (unpaired) electrons. The van der Waals surface area contributed by atoms with Crippen LogP contribution < -0.4 is 0 Å². The molecule has 11 heavy (non-hydrogen) atoms. The Morgan fingerprint density at radius 3 is 3.00 bits per heavy atom. The first-order valence-electron chi connectivity index (χ1n) is 3.30. The second kappa shape index (κ2) is 4.64. The Kier molecular flexibility index (Phi) is 3.76. The van der Waals surface area contributed by atoms with Gasteiger partial charge in [-0.2, -0.15) is 4.37 Å². The van der Waals surface area contributed by atoms with E-state index in [0.29, 0.717) is 4.47 Å². The minimum atomic E-state index is 0.511. The maximum absolute atomic E-state index is 5.59. The molecule has 0 atom stereocenters. The Bertz CT molecular complexity index is 216. The molecule has 0 fully saturated rings. The molecule has 1 aromatic heterocycles. The molecule has 0 aromatic carbocycles. The second-order valence-electron chi connectivity index (χ2n) is 2.06. The number of methoxy groups -OCH3 is 1. The molecule has 0 saturated carbocycles. The van der Waals surface area contributed by atoms with Crippen molar-refractivity contribution >= 4 is 23.1 Å². The van der Waals surface area contributed by atoms with Crippen LogP contribution in [-0.2, 0) is 11.2 Å². The number of rotatable bonds is 4. The first-order valence-corrected chi connectivity index (χ1v) is 4.45. The number of halogens is 1. The number of aromatic nitrogens is 2. The zero-order chi connectivity index (χ0) is 8.10. The molecule has 62 valence electrons. The molecular formula is C6H9ClN2OS. The van der Waals surface area contributed by atoms with Crippen molar-refractivity contribution in [1.29, 1.82) is 0 Å². The van der Waals surface area contributed by atoms with Gasteiger partial charge in [0, 0.05) is 20.1 Å². The van der Waals surface area contributed by atoms with Crippen LogP contribution in [0.4, 0.5) is 0 Å². The standard InChI is InChI=1S/C6H9ClN2OS/c1-10-4-2-3-5-8-6(7)11-9-5/h2-4H2,1H3. The lowest BCUT2D eigenvalue weighted by Gasteiger charge is -1.93. The Morgan fingerprint density at radius 2 is 2.45 bits per heavy atom. The van der Waals surface area contributed by atoms with Gasteiger partial charge >= 0.3 is 0 Å². The van der Waals surface area contributed by atoms with Gasteiger partial charge in [-0.15, -0.1) is 0 Å². The van der Waals surface area contributed by atoms with E-state index in [1.165, 1.54) is 11.5 Å². The summed E-state index contributed by atoms with van der Waals surface area (Å²) in [6, 6.07) is 0. The molecule has 0 saturated heterocycles. The average Bonchev–Trinajstić information content (AvgIpc) is 2.37. The number of hydrogen-bond acceptors (Lipinski definition) is 4. The second-order valence-corrected chi connectivity index (χ2v) is 3.39. The highest BCUT2D eigenvalue weighted by molar-refractivity contribution is 7.10. The van der Waals surface area contributed by atoms with E-state index in [2.05, 4.69) is 9.36 Å². The summed E-state index contributed by atoms with van der Waals surface area (Å²) in [6.45, 7) is 0.747. The summed E-state index contributed by atoms with van der Waals surface area (Å²) in [4.78, 5) is 4.00. The van der Waals surface area contributed by atoms with Crippen LogP contribution >= 0.6 is 23.1 Å². The van der Waals surface area contributed by atoms with Gasteiger partial charge in [-0.1, -0.05) is 0 Å². The minimum Gasteiger partial charge on any atom is -0.385 e. The van der Waals surface area contributed by atoms with Gasteiger partial charge < -0.3 is 4.74 Å². The van der Waals surface area contributed by atoms with Crippen LogP contribution in [0, 0.1) is 0 Å². The Labute approximate surface area is 74.5 Å². The number of ether oxygens (including phenoxy) is 1. The van der Waals surface area contributed by atoms with E-state index in [9.17, 15) is 0 Å². The largest absolute Gasteiger partial charge is 0.385 e. The predicted octanol–water partition coefficient (Wildman–Crippen LogP) is 1.77. The maximum Gasteiger partial charge on any atom is 0.203 e. The summed E-state index contributed by atoms with van der Waals surface area (Å²) in [5, 5.41) is 0. The fraction of sp³-hybridized carbons (Fsp3) is 0.667. The van der Waals surface area contributed by atoms with Gasteiger partial charge in [0.2, 0.25) is 4.47 Å². The third kappa shape index (κ3) is 3.14. The van der Waals surface area contributed by atoms with E-state index < -0.39 is 0 Å². The topological polar surface area (TPSA) is 35.0 Å². The lowest BCUT2D eigenvalue weighted by Crippen LogP contribution is -1.93. The fourth-order valence-electron chi connectivity index (χ4n) is 0.709. The van der Waals surface area contributed by atoms with Crippen LogP contribution in [0.15, 0.2) is 0 Å². The van der Waals surface area contributed by atoms with Crippen LogP contribution in [0.3, 0.4) is 0 Å². The summed E-state index contributed by atoms with van der Waals surface area (Å²) < 4.78 is 9.43. The first-order chi connectivity index (χ1) is 5.33. The lowest BCUT2D eigenvalue weighted by atomic mass is 10.3. The molecule has 1 aromatic rings. The van der Waals surface area contributed by atoms with Crippen molar-refractivity contribution in [2.75, 3.05) is 13.7 Å².